The van der Waals surface area contributed by atoms with E-state index < -0.39 is 16.6 Å². The number of sulfonamides is 1. The Hall–Kier alpha value is -1.55. The molecule has 3 aliphatic heterocycles. The molecule has 0 aliphatic carbocycles. The van der Waals surface area contributed by atoms with E-state index in [0.717, 1.165) is 39.3 Å². The van der Waals surface area contributed by atoms with Gasteiger partial charge in [0.1, 0.15) is 5.75 Å². The van der Waals surface area contributed by atoms with Crippen LogP contribution in [0.3, 0.4) is 0 Å². The van der Waals surface area contributed by atoms with Crippen molar-refractivity contribution < 1.29 is 26.7 Å². The molecule has 0 bridgehead atoms. The van der Waals surface area contributed by atoms with Gasteiger partial charge in [0.2, 0.25) is 10.0 Å². The van der Waals surface area contributed by atoms with Gasteiger partial charge in [-0.25, -0.2) is 8.42 Å². The van der Waals surface area contributed by atoms with Crippen LogP contribution in [0.2, 0.25) is 0 Å². The van der Waals surface area contributed by atoms with Crippen molar-refractivity contribution in [3.8, 4) is 5.75 Å². The van der Waals surface area contributed by atoms with Crippen LogP contribution in [0.5, 0.6) is 5.75 Å². The van der Waals surface area contributed by atoms with Crippen molar-refractivity contribution >= 4 is 10.0 Å². The molecule has 9 heteroatoms. The fraction of sp³-hybridized carbons (Fsp3) is 0.556. The third-order valence-corrected chi connectivity index (χ3v) is 7.10. The molecule has 4 rings (SSSR count). The smallest absolute Gasteiger partial charge is 0.387 e. The zero-order valence-corrected chi connectivity index (χ0v) is 15.6. The van der Waals surface area contributed by atoms with Crippen LogP contribution in [0.1, 0.15) is 6.42 Å². The molecule has 0 amide bonds. The second-order valence-corrected chi connectivity index (χ2v) is 9.17. The van der Waals surface area contributed by atoms with Gasteiger partial charge in [-0.05, 0) is 47.8 Å². The van der Waals surface area contributed by atoms with Crippen molar-refractivity contribution in [2.75, 3.05) is 45.9 Å². The summed E-state index contributed by atoms with van der Waals surface area (Å²) >= 11 is 0. The normalized spacial score (nSPS) is 24.2. The van der Waals surface area contributed by atoms with Crippen molar-refractivity contribution in [2.24, 2.45) is 5.92 Å². The highest BCUT2D eigenvalue weighted by molar-refractivity contribution is 7.89. The molecule has 27 heavy (non-hydrogen) atoms. The van der Waals surface area contributed by atoms with Gasteiger partial charge in [-0.2, -0.15) is 13.1 Å². The molecule has 0 N–H and O–H groups in total. The molecular formula is C18H22F2N2O4S. The molecule has 0 aromatic heterocycles. The molecule has 1 atom stereocenters. The molecule has 0 saturated carbocycles. The molecule has 0 spiro atoms. The summed E-state index contributed by atoms with van der Waals surface area (Å²) in [5.74, 6) is 0.511. The molecule has 6 nitrogen and oxygen atoms in total. The highest BCUT2D eigenvalue weighted by atomic mass is 32.2. The van der Waals surface area contributed by atoms with Crippen molar-refractivity contribution in [1.82, 2.24) is 9.21 Å². The Morgan fingerprint density at radius 3 is 2.33 bits per heavy atom. The second kappa shape index (κ2) is 7.46. The number of hydrogen-bond donors (Lipinski definition) is 0. The molecule has 0 radical (unpaired) electrons. The average Bonchev–Trinajstić information content (AvgIpc) is 3.31. The van der Waals surface area contributed by atoms with Crippen LogP contribution in [-0.4, -0.2) is 70.2 Å². The Kier molecular flexibility index (Phi) is 5.19. The van der Waals surface area contributed by atoms with Crippen molar-refractivity contribution in [3.63, 3.8) is 0 Å². The average molecular weight is 400 g/mol. The fourth-order valence-corrected chi connectivity index (χ4v) is 5.39. The number of hydrogen-bond acceptors (Lipinski definition) is 5. The lowest BCUT2D eigenvalue weighted by Crippen LogP contribution is -2.35. The number of nitrogens with zero attached hydrogens (tertiary/aromatic N) is 2. The van der Waals surface area contributed by atoms with Crippen LogP contribution < -0.4 is 4.74 Å². The predicted molar refractivity (Wildman–Crippen MR) is 94.2 cm³/mol. The van der Waals surface area contributed by atoms with Gasteiger partial charge in [0, 0.05) is 39.3 Å². The van der Waals surface area contributed by atoms with Crippen LogP contribution in [0.4, 0.5) is 8.78 Å². The zero-order chi connectivity index (χ0) is 19.0. The van der Waals surface area contributed by atoms with E-state index in [9.17, 15) is 17.2 Å². The Bertz CT molecular complexity index is 802. The lowest BCUT2D eigenvalue weighted by Gasteiger charge is -2.24. The first kappa shape index (κ1) is 18.8. The SMILES string of the molecule is O=S(=O)(c1ccc(OC(F)F)cc1)N1CC2=C(CN(C[C@@H]3CCOC3)C2)C1. The maximum atomic E-state index is 12.8. The molecule has 1 aromatic carbocycles. The van der Waals surface area contributed by atoms with E-state index >= 15 is 0 Å². The minimum Gasteiger partial charge on any atom is -0.435 e. The topological polar surface area (TPSA) is 59.1 Å². The number of rotatable bonds is 6. The lowest BCUT2D eigenvalue weighted by atomic mass is 10.1. The summed E-state index contributed by atoms with van der Waals surface area (Å²) in [6.07, 6.45) is 1.09. The summed E-state index contributed by atoms with van der Waals surface area (Å²) < 4.78 is 61.3. The maximum absolute atomic E-state index is 12.8. The van der Waals surface area contributed by atoms with Crippen molar-refractivity contribution in [3.05, 3.63) is 35.4 Å². The number of halogens is 2. The number of benzene rings is 1. The maximum Gasteiger partial charge on any atom is 0.387 e. The fourth-order valence-electron chi connectivity index (χ4n) is 3.96. The van der Waals surface area contributed by atoms with Gasteiger partial charge in [0.25, 0.3) is 0 Å². The highest BCUT2D eigenvalue weighted by Gasteiger charge is 2.37. The van der Waals surface area contributed by atoms with E-state index in [1.807, 2.05) is 0 Å². The largest absolute Gasteiger partial charge is 0.435 e. The Balaban J connectivity index is 1.36. The summed E-state index contributed by atoms with van der Waals surface area (Å²) in [7, 11) is -3.66. The summed E-state index contributed by atoms with van der Waals surface area (Å²) in [6, 6.07) is 5.12. The van der Waals surface area contributed by atoms with Gasteiger partial charge >= 0.3 is 6.61 Å². The first-order chi connectivity index (χ1) is 12.9. The van der Waals surface area contributed by atoms with Gasteiger partial charge in [0.15, 0.2) is 0 Å². The van der Waals surface area contributed by atoms with Crippen LogP contribution >= 0.6 is 0 Å². The molecule has 0 unspecified atom stereocenters. The van der Waals surface area contributed by atoms with Gasteiger partial charge < -0.3 is 9.47 Å². The van der Waals surface area contributed by atoms with Crippen LogP contribution in [0.15, 0.2) is 40.3 Å². The monoisotopic (exact) mass is 400 g/mol. The minimum absolute atomic E-state index is 0.0578. The van der Waals surface area contributed by atoms with E-state index in [1.165, 1.54) is 39.7 Å². The molecular weight excluding hydrogens is 378 g/mol. The quantitative estimate of drug-likeness (QED) is 0.683. The van der Waals surface area contributed by atoms with Crippen LogP contribution in [0.25, 0.3) is 0 Å². The number of ether oxygens (including phenoxy) is 2. The minimum atomic E-state index is -3.66. The van der Waals surface area contributed by atoms with Crippen LogP contribution in [-0.2, 0) is 14.8 Å². The van der Waals surface area contributed by atoms with Gasteiger partial charge in [-0.3, -0.25) is 4.90 Å². The molecule has 1 fully saturated rings. The van der Waals surface area contributed by atoms with Crippen LogP contribution in [0, 0.1) is 5.92 Å². The predicted octanol–water partition coefficient (Wildman–Crippen LogP) is 1.94. The molecule has 1 aromatic rings. The Morgan fingerprint density at radius 1 is 1.11 bits per heavy atom. The van der Waals surface area contributed by atoms with E-state index in [-0.39, 0.29) is 10.6 Å². The van der Waals surface area contributed by atoms with Crippen molar-refractivity contribution in [1.29, 1.82) is 0 Å². The van der Waals surface area contributed by atoms with E-state index in [0.29, 0.717) is 19.0 Å². The summed E-state index contributed by atoms with van der Waals surface area (Å²) in [5.41, 5.74) is 2.35. The standard InChI is InChI=1S/C18H22F2N2O4S/c19-18(20)26-16-1-3-17(4-2-16)27(23,24)22-10-14-8-21(9-15(14)11-22)7-13-5-6-25-12-13/h1-4,13,18H,5-12H2/t13-/m0/s1. The summed E-state index contributed by atoms with van der Waals surface area (Å²) in [6.45, 7) is 2.10. The van der Waals surface area contributed by atoms with Gasteiger partial charge in [0.05, 0.1) is 11.5 Å². The molecule has 148 valence electrons. The van der Waals surface area contributed by atoms with Gasteiger partial charge in [-0.15, -0.1) is 0 Å². The molecule has 1 saturated heterocycles. The first-order valence-electron chi connectivity index (χ1n) is 8.97. The third kappa shape index (κ3) is 4.01. The van der Waals surface area contributed by atoms with Gasteiger partial charge in [-0.1, -0.05) is 0 Å². The lowest BCUT2D eigenvalue weighted by molar-refractivity contribution is -0.0498. The van der Waals surface area contributed by atoms with E-state index in [4.69, 9.17) is 4.74 Å². The van der Waals surface area contributed by atoms with E-state index in [2.05, 4.69) is 9.64 Å². The highest BCUT2D eigenvalue weighted by Crippen LogP contribution is 2.31. The van der Waals surface area contributed by atoms with E-state index in [1.54, 1.807) is 0 Å². The number of alkyl halides is 2. The second-order valence-electron chi connectivity index (χ2n) is 7.23. The third-order valence-electron chi connectivity index (χ3n) is 5.29. The Labute approximate surface area is 157 Å². The molecule has 3 heterocycles. The van der Waals surface area contributed by atoms with Crippen molar-refractivity contribution in [2.45, 2.75) is 17.9 Å². The first-order valence-corrected chi connectivity index (χ1v) is 10.4. The summed E-state index contributed by atoms with van der Waals surface area (Å²) in [5, 5.41) is 0. The zero-order valence-electron chi connectivity index (χ0n) is 14.8. The summed E-state index contributed by atoms with van der Waals surface area (Å²) in [4.78, 5) is 2.45. The Morgan fingerprint density at radius 2 is 1.78 bits per heavy atom. The molecule has 3 aliphatic rings.